The van der Waals surface area contributed by atoms with E-state index < -0.39 is 11.6 Å². The first-order chi connectivity index (χ1) is 12.2. The number of rotatable bonds is 5. The average Bonchev–Trinajstić information content (AvgIpc) is 2.95. The Labute approximate surface area is 151 Å². The quantitative estimate of drug-likeness (QED) is 0.634. The van der Waals surface area contributed by atoms with Gasteiger partial charge in [0.2, 0.25) is 0 Å². The highest BCUT2D eigenvalue weighted by atomic mass is 16.5. The molecule has 1 aromatic carbocycles. The summed E-state index contributed by atoms with van der Waals surface area (Å²) in [5, 5.41) is 3.60. The average molecular weight is 357 g/mol. The number of nitrogens with one attached hydrogen (secondary N) is 2. The van der Waals surface area contributed by atoms with Crippen LogP contribution >= 0.6 is 0 Å². The van der Waals surface area contributed by atoms with Crippen LogP contribution in [0, 0.1) is 13.8 Å². The lowest BCUT2D eigenvalue weighted by atomic mass is 10.1. The molecule has 138 valence electrons. The van der Waals surface area contributed by atoms with Crippen LogP contribution in [-0.4, -0.2) is 46.5 Å². The fourth-order valence-corrected chi connectivity index (χ4v) is 3.19. The molecule has 2 aromatic rings. The van der Waals surface area contributed by atoms with Crippen molar-refractivity contribution >= 4 is 28.8 Å². The van der Waals surface area contributed by atoms with E-state index in [4.69, 9.17) is 4.74 Å². The van der Waals surface area contributed by atoms with Crippen molar-refractivity contribution in [2.24, 2.45) is 0 Å². The van der Waals surface area contributed by atoms with Gasteiger partial charge in [-0.1, -0.05) is 11.6 Å². The number of amides is 3. The molecule has 2 N–H and O–H groups in total. The van der Waals surface area contributed by atoms with E-state index in [0.717, 1.165) is 32.6 Å². The second kappa shape index (κ2) is 6.48. The van der Waals surface area contributed by atoms with E-state index in [9.17, 15) is 14.4 Å². The minimum atomic E-state index is -0.917. The molecule has 3 amide bonds. The Morgan fingerprint density at radius 2 is 1.96 bits per heavy atom. The number of aryl methyl sites for hydroxylation is 2. The van der Waals surface area contributed by atoms with Gasteiger partial charge in [0.15, 0.2) is 0 Å². The van der Waals surface area contributed by atoms with Gasteiger partial charge >= 0.3 is 12.0 Å². The molecular weight excluding hydrogens is 334 g/mol. The van der Waals surface area contributed by atoms with Crippen molar-refractivity contribution in [3.63, 3.8) is 0 Å². The maximum atomic E-state index is 12.2. The molecule has 26 heavy (non-hydrogen) atoms. The number of aromatic nitrogens is 1. The van der Waals surface area contributed by atoms with E-state index in [1.165, 1.54) is 0 Å². The van der Waals surface area contributed by atoms with Crippen LogP contribution in [-0.2, 0) is 20.7 Å². The number of carbonyl (C=O) groups excluding carboxylic acids is 3. The molecule has 1 aliphatic heterocycles. The lowest BCUT2D eigenvalue weighted by Crippen LogP contribution is -2.40. The number of aromatic amines is 1. The van der Waals surface area contributed by atoms with Gasteiger partial charge in [0, 0.05) is 16.6 Å². The maximum absolute atomic E-state index is 12.2. The first-order valence-electron chi connectivity index (χ1n) is 8.56. The van der Waals surface area contributed by atoms with E-state index in [2.05, 4.69) is 10.3 Å². The molecule has 2 heterocycles. The van der Waals surface area contributed by atoms with Crippen molar-refractivity contribution in [2.75, 3.05) is 13.2 Å². The highest BCUT2D eigenvalue weighted by molar-refractivity contribution is 6.06. The predicted octanol–water partition coefficient (Wildman–Crippen LogP) is 2.20. The zero-order valence-corrected chi connectivity index (χ0v) is 15.4. The topological polar surface area (TPSA) is 91.5 Å². The number of hydrogen-bond acceptors (Lipinski definition) is 4. The van der Waals surface area contributed by atoms with Crippen molar-refractivity contribution in [1.29, 1.82) is 0 Å². The molecule has 1 aromatic heterocycles. The predicted molar refractivity (Wildman–Crippen MR) is 96.8 cm³/mol. The summed E-state index contributed by atoms with van der Waals surface area (Å²) in [6.07, 6.45) is 0.140. The smallest absolute Gasteiger partial charge is 0.325 e. The molecule has 7 nitrogen and oxygen atoms in total. The molecule has 3 rings (SSSR count). The van der Waals surface area contributed by atoms with Crippen LogP contribution in [0.5, 0.6) is 0 Å². The van der Waals surface area contributed by atoms with E-state index in [1.807, 2.05) is 32.0 Å². The zero-order chi connectivity index (χ0) is 19.1. The van der Waals surface area contributed by atoms with E-state index in [-0.39, 0.29) is 31.4 Å². The zero-order valence-electron chi connectivity index (χ0n) is 15.4. The monoisotopic (exact) mass is 357 g/mol. The Morgan fingerprint density at radius 1 is 1.23 bits per heavy atom. The number of fused-ring (bicyclic) bond motifs is 1. The minimum Gasteiger partial charge on any atom is -0.464 e. The van der Waals surface area contributed by atoms with Crippen LogP contribution in [0.1, 0.15) is 30.7 Å². The molecular formula is C19H23N3O4. The summed E-state index contributed by atoms with van der Waals surface area (Å²) in [5.41, 5.74) is 3.02. The Kier molecular flexibility index (Phi) is 4.48. The molecule has 1 saturated heterocycles. The number of hydrogen-bond donors (Lipinski definition) is 2. The summed E-state index contributed by atoms with van der Waals surface area (Å²) in [4.78, 5) is 40.5. The third-order valence-electron chi connectivity index (χ3n) is 4.62. The van der Waals surface area contributed by atoms with Gasteiger partial charge in [-0.3, -0.25) is 14.5 Å². The highest BCUT2D eigenvalue weighted by Gasteiger charge is 2.43. The Hall–Kier alpha value is -2.83. The van der Waals surface area contributed by atoms with Crippen molar-refractivity contribution < 1.29 is 19.1 Å². The number of benzene rings is 1. The second-order valence-corrected chi connectivity index (χ2v) is 7.19. The van der Waals surface area contributed by atoms with Crippen LogP contribution in [0.2, 0.25) is 0 Å². The normalized spacial score (nSPS) is 16.2. The van der Waals surface area contributed by atoms with Crippen molar-refractivity contribution in [3.05, 3.63) is 35.0 Å². The number of H-pyrrole nitrogens is 1. The minimum absolute atomic E-state index is 0.0193. The van der Waals surface area contributed by atoms with Crippen molar-refractivity contribution in [3.8, 4) is 0 Å². The third kappa shape index (κ3) is 3.29. The fraction of sp³-hybridized carbons (Fsp3) is 0.421. The van der Waals surface area contributed by atoms with Crippen LogP contribution in [0.25, 0.3) is 10.9 Å². The summed E-state index contributed by atoms with van der Waals surface area (Å²) < 4.78 is 5.25. The van der Waals surface area contributed by atoms with Gasteiger partial charge in [-0.25, -0.2) is 4.79 Å². The number of carbonyl (C=O) groups is 3. The molecule has 0 spiro atoms. The van der Waals surface area contributed by atoms with E-state index in [0.29, 0.717) is 0 Å². The molecule has 0 saturated carbocycles. The van der Waals surface area contributed by atoms with Gasteiger partial charge in [-0.05, 0) is 45.4 Å². The molecule has 1 fully saturated rings. The second-order valence-electron chi connectivity index (χ2n) is 7.19. The van der Waals surface area contributed by atoms with Gasteiger partial charge in [0.05, 0.1) is 13.0 Å². The summed E-state index contributed by atoms with van der Waals surface area (Å²) in [5.74, 6) is -0.705. The Morgan fingerprint density at radius 3 is 2.62 bits per heavy atom. The summed E-state index contributed by atoms with van der Waals surface area (Å²) >= 11 is 0. The van der Waals surface area contributed by atoms with Crippen molar-refractivity contribution in [2.45, 2.75) is 39.7 Å². The number of urea groups is 1. The lowest BCUT2D eigenvalue weighted by Gasteiger charge is -2.15. The lowest BCUT2D eigenvalue weighted by molar-refractivity contribution is -0.144. The van der Waals surface area contributed by atoms with Crippen LogP contribution in [0.3, 0.4) is 0 Å². The maximum Gasteiger partial charge on any atom is 0.325 e. The molecule has 0 atom stereocenters. The number of imide groups is 1. The Balaban J connectivity index is 1.60. The van der Waals surface area contributed by atoms with Gasteiger partial charge in [0.25, 0.3) is 5.91 Å². The number of ether oxygens (including phenoxy) is 1. The SMILES string of the molecule is Cc1ccc2[nH]c(C)c(CC(=O)OCCN3C(=O)NC(C)(C)C3=O)c2c1. The van der Waals surface area contributed by atoms with Gasteiger partial charge in [-0.2, -0.15) is 0 Å². The van der Waals surface area contributed by atoms with Gasteiger partial charge < -0.3 is 15.0 Å². The van der Waals surface area contributed by atoms with Gasteiger partial charge in [-0.15, -0.1) is 0 Å². The number of esters is 1. The molecule has 0 aliphatic carbocycles. The van der Waals surface area contributed by atoms with E-state index in [1.54, 1.807) is 13.8 Å². The van der Waals surface area contributed by atoms with E-state index >= 15 is 0 Å². The third-order valence-corrected chi connectivity index (χ3v) is 4.62. The molecule has 0 radical (unpaired) electrons. The van der Waals surface area contributed by atoms with Crippen LogP contribution in [0.4, 0.5) is 4.79 Å². The van der Waals surface area contributed by atoms with Crippen LogP contribution in [0.15, 0.2) is 18.2 Å². The van der Waals surface area contributed by atoms with Crippen LogP contribution < -0.4 is 5.32 Å². The molecule has 7 heteroatoms. The first kappa shape index (κ1) is 18.0. The molecule has 0 bridgehead atoms. The fourth-order valence-electron chi connectivity index (χ4n) is 3.19. The summed E-state index contributed by atoms with van der Waals surface area (Å²) in [6, 6.07) is 5.58. The number of nitrogens with zero attached hydrogens (tertiary/aromatic N) is 1. The van der Waals surface area contributed by atoms with Crippen molar-refractivity contribution in [1.82, 2.24) is 15.2 Å². The summed E-state index contributed by atoms with van der Waals surface area (Å²) in [7, 11) is 0. The largest absolute Gasteiger partial charge is 0.464 e. The molecule has 1 aliphatic rings. The highest BCUT2D eigenvalue weighted by Crippen LogP contribution is 2.24. The first-order valence-corrected chi connectivity index (χ1v) is 8.56. The van der Waals surface area contributed by atoms with Gasteiger partial charge in [0.1, 0.15) is 12.1 Å². The Bertz CT molecular complexity index is 898. The standard InChI is InChI=1S/C19H23N3O4/c1-11-5-6-15-14(9-11)13(12(2)20-15)10-16(23)26-8-7-22-17(24)19(3,4)21-18(22)25/h5-6,9,20H,7-8,10H2,1-4H3,(H,21,25). The summed E-state index contributed by atoms with van der Waals surface area (Å²) in [6.45, 7) is 7.24. The molecule has 0 unspecified atom stereocenters.